The summed E-state index contributed by atoms with van der Waals surface area (Å²) in [4.78, 5) is 0. The summed E-state index contributed by atoms with van der Waals surface area (Å²) in [6, 6.07) is 19.2. The van der Waals surface area contributed by atoms with Crippen LogP contribution in [0.5, 0.6) is 0 Å². The predicted molar refractivity (Wildman–Crippen MR) is 110 cm³/mol. The summed E-state index contributed by atoms with van der Waals surface area (Å²) in [6.07, 6.45) is 4.71. The van der Waals surface area contributed by atoms with Gasteiger partial charge in [0.1, 0.15) is 0 Å². The molecule has 0 bridgehead atoms. The molecule has 4 heteroatoms. The molecular weight excluding hydrogens is 346 g/mol. The first-order chi connectivity index (χ1) is 12.3. The maximum atomic E-state index is 10.2. The summed E-state index contributed by atoms with van der Waals surface area (Å²) in [5, 5.41) is 13.5. The highest BCUT2D eigenvalue weighted by Gasteiger charge is 2.17. The van der Waals surface area contributed by atoms with E-state index in [4.69, 9.17) is 4.74 Å². The van der Waals surface area contributed by atoms with E-state index < -0.39 is 0 Å². The fourth-order valence-electron chi connectivity index (χ4n) is 3.53. The van der Waals surface area contributed by atoms with Gasteiger partial charge in [-0.15, -0.1) is 12.4 Å². The van der Waals surface area contributed by atoms with Crippen LogP contribution in [0.3, 0.4) is 0 Å². The van der Waals surface area contributed by atoms with Gasteiger partial charge in [-0.05, 0) is 36.0 Å². The lowest BCUT2D eigenvalue weighted by atomic mass is 9.95. The summed E-state index contributed by atoms with van der Waals surface area (Å²) in [5.41, 5.74) is 3.99. The van der Waals surface area contributed by atoms with Crippen molar-refractivity contribution in [2.24, 2.45) is 0 Å². The van der Waals surface area contributed by atoms with E-state index in [1.54, 1.807) is 0 Å². The van der Waals surface area contributed by atoms with Gasteiger partial charge in [0.05, 0.1) is 18.8 Å². The number of ether oxygens (including phenoxy) is 1. The van der Waals surface area contributed by atoms with Crippen molar-refractivity contribution in [3.05, 3.63) is 60.2 Å². The summed E-state index contributed by atoms with van der Waals surface area (Å²) >= 11 is 0. The number of benzene rings is 2. The molecule has 0 aliphatic carbocycles. The zero-order chi connectivity index (χ0) is 17.3. The van der Waals surface area contributed by atoms with Crippen LogP contribution in [0.2, 0.25) is 0 Å². The molecule has 3 rings (SSSR count). The number of hydrogen-bond acceptors (Lipinski definition) is 3. The first kappa shape index (κ1) is 20.9. The Kier molecular flexibility index (Phi) is 9.13. The van der Waals surface area contributed by atoms with E-state index in [-0.39, 0.29) is 24.6 Å². The largest absolute Gasteiger partial charge is 0.393 e. The highest BCUT2D eigenvalue weighted by atomic mass is 35.5. The Morgan fingerprint density at radius 2 is 1.81 bits per heavy atom. The fraction of sp³-hybridized carbons (Fsp3) is 0.455. The highest BCUT2D eigenvalue weighted by Crippen LogP contribution is 2.25. The molecule has 1 aliphatic rings. The number of rotatable bonds is 8. The van der Waals surface area contributed by atoms with Crippen LogP contribution < -0.4 is 5.32 Å². The average molecular weight is 376 g/mol. The van der Waals surface area contributed by atoms with Crippen molar-refractivity contribution >= 4 is 12.4 Å². The van der Waals surface area contributed by atoms with Crippen LogP contribution in [-0.2, 0) is 11.2 Å². The number of nitrogens with one attached hydrogen (secondary N) is 1. The van der Waals surface area contributed by atoms with Gasteiger partial charge in [-0.1, -0.05) is 61.0 Å². The Hall–Kier alpha value is -1.39. The van der Waals surface area contributed by atoms with Crippen LogP contribution in [0.15, 0.2) is 54.6 Å². The summed E-state index contributed by atoms with van der Waals surface area (Å²) < 4.78 is 5.67. The number of morpholine rings is 1. The maximum absolute atomic E-state index is 10.2. The molecule has 2 aromatic carbocycles. The molecule has 2 atom stereocenters. The number of aryl methyl sites for hydroxylation is 1. The third kappa shape index (κ3) is 6.40. The zero-order valence-electron chi connectivity index (χ0n) is 15.3. The van der Waals surface area contributed by atoms with Gasteiger partial charge >= 0.3 is 0 Å². The molecule has 142 valence electrons. The van der Waals surface area contributed by atoms with E-state index >= 15 is 0 Å². The van der Waals surface area contributed by atoms with Crippen LogP contribution in [-0.4, -0.2) is 37.0 Å². The molecule has 2 unspecified atom stereocenters. The molecule has 0 amide bonds. The van der Waals surface area contributed by atoms with Crippen molar-refractivity contribution < 1.29 is 9.84 Å². The van der Waals surface area contributed by atoms with Crippen molar-refractivity contribution in [1.82, 2.24) is 5.32 Å². The summed E-state index contributed by atoms with van der Waals surface area (Å²) in [7, 11) is 0. The maximum Gasteiger partial charge on any atom is 0.0724 e. The van der Waals surface area contributed by atoms with E-state index in [9.17, 15) is 5.11 Å². The Morgan fingerprint density at radius 1 is 1.04 bits per heavy atom. The molecule has 2 aromatic rings. The number of unbranched alkanes of at least 4 members (excludes halogenated alkanes) is 1. The van der Waals surface area contributed by atoms with Gasteiger partial charge in [-0.3, -0.25) is 0 Å². The minimum absolute atomic E-state index is 0. The Balaban J connectivity index is 0.00000243. The second-order valence-electron chi connectivity index (χ2n) is 6.86. The number of hydrogen-bond donors (Lipinski definition) is 2. The summed E-state index contributed by atoms with van der Waals surface area (Å²) in [6.45, 7) is 2.54. The van der Waals surface area contributed by atoms with E-state index in [1.165, 1.54) is 16.7 Å². The monoisotopic (exact) mass is 375 g/mol. The lowest BCUT2D eigenvalue weighted by Crippen LogP contribution is -2.40. The quantitative estimate of drug-likeness (QED) is 0.678. The van der Waals surface area contributed by atoms with Crippen LogP contribution in [0.25, 0.3) is 11.1 Å². The fourth-order valence-corrected chi connectivity index (χ4v) is 3.53. The predicted octanol–water partition coefficient (Wildman–Crippen LogP) is 4.23. The third-order valence-corrected chi connectivity index (χ3v) is 4.87. The van der Waals surface area contributed by atoms with Crippen LogP contribution in [0, 0.1) is 0 Å². The molecule has 1 fully saturated rings. The van der Waals surface area contributed by atoms with Crippen molar-refractivity contribution in [3.63, 3.8) is 0 Å². The molecule has 0 aromatic heterocycles. The smallest absolute Gasteiger partial charge is 0.0724 e. The van der Waals surface area contributed by atoms with Crippen molar-refractivity contribution in [2.45, 2.75) is 44.3 Å². The Labute approximate surface area is 163 Å². The number of halogens is 1. The van der Waals surface area contributed by atoms with E-state index in [1.807, 2.05) is 0 Å². The van der Waals surface area contributed by atoms with Gasteiger partial charge in [-0.2, -0.15) is 0 Å². The SMILES string of the molecule is Cl.OC(CCCCc1ccccc1-c1ccccc1)CC1CNCCO1. The van der Waals surface area contributed by atoms with Gasteiger partial charge in [-0.25, -0.2) is 0 Å². The lowest BCUT2D eigenvalue weighted by molar-refractivity contribution is -0.00648. The topological polar surface area (TPSA) is 41.5 Å². The van der Waals surface area contributed by atoms with Crippen LogP contribution in [0.4, 0.5) is 0 Å². The van der Waals surface area contributed by atoms with Crippen LogP contribution in [0.1, 0.15) is 31.2 Å². The molecule has 1 aliphatic heterocycles. The first-order valence-corrected chi connectivity index (χ1v) is 9.46. The molecule has 1 heterocycles. The van der Waals surface area contributed by atoms with Gasteiger partial charge < -0.3 is 15.2 Å². The van der Waals surface area contributed by atoms with Gasteiger partial charge in [0, 0.05) is 19.5 Å². The minimum atomic E-state index is -0.255. The minimum Gasteiger partial charge on any atom is -0.393 e. The van der Waals surface area contributed by atoms with E-state index in [0.29, 0.717) is 0 Å². The highest BCUT2D eigenvalue weighted by molar-refractivity contribution is 5.85. The van der Waals surface area contributed by atoms with E-state index in [0.717, 1.165) is 51.8 Å². The molecule has 0 saturated carbocycles. The molecule has 2 N–H and O–H groups in total. The normalized spacial score (nSPS) is 18.1. The number of aliphatic hydroxyl groups is 1. The van der Waals surface area contributed by atoms with Crippen molar-refractivity contribution in [1.29, 1.82) is 0 Å². The summed E-state index contributed by atoms with van der Waals surface area (Å²) in [5.74, 6) is 0. The van der Waals surface area contributed by atoms with E-state index in [2.05, 4.69) is 59.9 Å². The molecule has 26 heavy (non-hydrogen) atoms. The number of aliphatic hydroxyl groups excluding tert-OH is 1. The molecular formula is C22H30ClNO2. The average Bonchev–Trinajstić information content (AvgIpc) is 2.67. The lowest BCUT2D eigenvalue weighted by Gasteiger charge is -2.25. The standard InChI is InChI=1S/C22H29NO2.ClH/c24-20(16-21-17-23-14-15-25-21)12-6-4-10-19-11-5-7-13-22(19)18-8-2-1-3-9-18;/h1-3,5,7-9,11,13,20-21,23-24H,4,6,10,12,14-17H2;1H. The molecule has 0 spiro atoms. The van der Waals surface area contributed by atoms with Crippen LogP contribution >= 0.6 is 12.4 Å². The van der Waals surface area contributed by atoms with Gasteiger partial charge in [0.15, 0.2) is 0 Å². The Morgan fingerprint density at radius 3 is 2.58 bits per heavy atom. The first-order valence-electron chi connectivity index (χ1n) is 9.46. The van der Waals surface area contributed by atoms with Gasteiger partial charge in [0.25, 0.3) is 0 Å². The molecule has 3 nitrogen and oxygen atoms in total. The second kappa shape index (κ2) is 11.3. The van der Waals surface area contributed by atoms with Crippen molar-refractivity contribution in [3.8, 4) is 11.1 Å². The molecule has 0 radical (unpaired) electrons. The third-order valence-electron chi connectivity index (χ3n) is 4.87. The molecule has 1 saturated heterocycles. The van der Waals surface area contributed by atoms with Crippen molar-refractivity contribution in [2.75, 3.05) is 19.7 Å². The van der Waals surface area contributed by atoms with Gasteiger partial charge in [0.2, 0.25) is 0 Å². The Bertz CT molecular complexity index is 629. The zero-order valence-corrected chi connectivity index (χ0v) is 16.1. The second-order valence-corrected chi connectivity index (χ2v) is 6.86.